The number of carbonyl (C=O) groups excluding carboxylic acids is 1. The van der Waals surface area contributed by atoms with Gasteiger partial charge in [0.2, 0.25) is 0 Å². The minimum Gasteiger partial charge on any atom is -0.267 e. The van der Waals surface area contributed by atoms with Gasteiger partial charge in [-0.25, -0.2) is 5.43 Å². The summed E-state index contributed by atoms with van der Waals surface area (Å²) in [6, 6.07) is 5.52. The second-order valence-corrected chi connectivity index (χ2v) is 5.20. The van der Waals surface area contributed by atoms with Gasteiger partial charge in [0.1, 0.15) is 0 Å². The highest BCUT2D eigenvalue weighted by atomic mass is 16.6. The van der Waals surface area contributed by atoms with Crippen LogP contribution in [0.5, 0.6) is 0 Å². The number of carbonyl (C=O) groups is 1. The molecule has 6 nitrogen and oxygen atoms in total. The smallest absolute Gasteiger partial charge is 0.267 e. The number of hydrogen-bond acceptors (Lipinski definition) is 4. The number of nitro groups is 1. The van der Waals surface area contributed by atoms with Crippen LogP contribution >= 0.6 is 0 Å². The van der Waals surface area contributed by atoms with Crippen LogP contribution in [0, 0.1) is 15.5 Å². The van der Waals surface area contributed by atoms with Gasteiger partial charge in [-0.2, -0.15) is 5.10 Å². The lowest BCUT2D eigenvalue weighted by Gasteiger charge is -2.17. The van der Waals surface area contributed by atoms with E-state index in [0.717, 1.165) is 5.71 Å². The van der Waals surface area contributed by atoms with Crippen molar-refractivity contribution in [3.63, 3.8) is 0 Å². The van der Waals surface area contributed by atoms with Crippen molar-refractivity contribution in [2.24, 2.45) is 10.5 Å². The Hall–Kier alpha value is -2.24. The summed E-state index contributed by atoms with van der Waals surface area (Å²) in [4.78, 5) is 21.9. The molecule has 1 N–H and O–H groups in total. The normalized spacial score (nSPS) is 12.1. The van der Waals surface area contributed by atoms with Crippen LogP contribution in [0.1, 0.15) is 38.1 Å². The standard InChI is InChI=1S/C13H17N3O3/c1-9(13(2,3)4)14-15-12(17)10-6-5-7-11(8-10)16(18)19/h5-8H,1-4H3,(H,15,17). The average molecular weight is 263 g/mol. The Labute approximate surface area is 111 Å². The Kier molecular flexibility index (Phi) is 4.37. The lowest BCUT2D eigenvalue weighted by atomic mass is 9.91. The van der Waals surface area contributed by atoms with Gasteiger partial charge in [0.25, 0.3) is 11.6 Å². The largest absolute Gasteiger partial charge is 0.271 e. The summed E-state index contributed by atoms with van der Waals surface area (Å²) in [5.41, 5.74) is 3.11. The molecule has 0 aliphatic carbocycles. The number of non-ortho nitro benzene ring substituents is 1. The highest BCUT2D eigenvalue weighted by molar-refractivity contribution is 5.96. The second-order valence-electron chi connectivity index (χ2n) is 5.20. The van der Waals surface area contributed by atoms with Crippen molar-refractivity contribution >= 4 is 17.3 Å². The van der Waals surface area contributed by atoms with Gasteiger partial charge in [-0.3, -0.25) is 14.9 Å². The van der Waals surface area contributed by atoms with Crippen LogP contribution in [0.2, 0.25) is 0 Å². The van der Waals surface area contributed by atoms with Crippen molar-refractivity contribution in [2.75, 3.05) is 0 Å². The van der Waals surface area contributed by atoms with Gasteiger partial charge < -0.3 is 0 Å². The Morgan fingerprint density at radius 2 is 2.00 bits per heavy atom. The molecule has 6 heteroatoms. The van der Waals surface area contributed by atoms with E-state index in [0.29, 0.717) is 0 Å². The molecule has 0 atom stereocenters. The summed E-state index contributed by atoms with van der Waals surface area (Å²) in [6.45, 7) is 7.75. The summed E-state index contributed by atoms with van der Waals surface area (Å²) in [7, 11) is 0. The van der Waals surface area contributed by atoms with E-state index in [4.69, 9.17) is 0 Å². The van der Waals surface area contributed by atoms with Gasteiger partial charge in [-0.15, -0.1) is 0 Å². The number of rotatable bonds is 3. The van der Waals surface area contributed by atoms with Gasteiger partial charge in [0, 0.05) is 28.8 Å². The van der Waals surface area contributed by atoms with Crippen LogP contribution in [-0.4, -0.2) is 16.5 Å². The van der Waals surface area contributed by atoms with Crippen LogP contribution in [0.3, 0.4) is 0 Å². The number of amides is 1. The number of hydrazone groups is 1. The molecule has 0 saturated heterocycles. The van der Waals surface area contributed by atoms with Crippen molar-refractivity contribution in [1.82, 2.24) is 5.43 Å². The molecule has 0 heterocycles. The average Bonchev–Trinajstić information content (AvgIpc) is 2.34. The molecule has 0 spiro atoms. The quantitative estimate of drug-likeness (QED) is 0.517. The molecule has 1 aromatic rings. The highest BCUT2D eigenvalue weighted by Crippen LogP contribution is 2.15. The predicted molar refractivity (Wildman–Crippen MR) is 73.1 cm³/mol. The fourth-order valence-corrected chi connectivity index (χ4v) is 1.13. The first-order chi connectivity index (χ1) is 8.71. The van der Waals surface area contributed by atoms with Crippen LogP contribution in [0.4, 0.5) is 5.69 Å². The van der Waals surface area contributed by atoms with Gasteiger partial charge in [0.05, 0.1) is 4.92 Å². The van der Waals surface area contributed by atoms with Crippen LogP contribution in [-0.2, 0) is 0 Å². The topological polar surface area (TPSA) is 84.6 Å². The molecule has 0 unspecified atom stereocenters. The van der Waals surface area contributed by atoms with Crippen LogP contribution in [0.15, 0.2) is 29.4 Å². The number of benzene rings is 1. The first kappa shape index (κ1) is 14.8. The van der Waals surface area contributed by atoms with E-state index in [9.17, 15) is 14.9 Å². The molecule has 0 aromatic heterocycles. The fourth-order valence-electron chi connectivity index (χ4n) is 1.13. The van der Waals surface area contributed by atoms with Crippen molar-refractivity contribution in [3.8, 4) is 0 Å². The summed E-state index contributed by atoms with van der Waals surface area (Å²) in [6.07, 6.45) is 0. The lowest BCUT2D eigenvalue weighted by Crippen LogP contribution is -2.24. The molecular formula is C13H17N3O3. The first-order valence-corrected chi connectivity index (χ1v) is 5.81. The van der Waals surface area contributed by atoms with E-state index >= 15 is 0 Å². The Bertz CT molecular complexity index is 530. The SMILES string of the molecule is CC(=NNC(=O)c1cccc([N+](=O)[O-])c1)C(C)(C)C. The maximum absolute atomic E-state index is 11.8. The Balaban J connectivity index is 2.85. The Morgan fingerprint density at radius 1 is 1.37 bits per heavy atom. The van der Waals surface area contributed by atoms with Gasteiger partial charge in [-0.1, -0.05) is 26.8 Å². The van der Waals surface area contributed by atoms with E-state index < -0.39 is 10.8 Å². The van der Waals surface area contributed by atoms with E-state index in [-0.39, 0.29) is 16.7 Å². The molecule has 1 aromatic carbocycles. The van der Waals surface area contributed by atoms with Crippen LogP contribution in [0.25, 0.3) is 0 Å². The molecular weight excluding hydrogens is 246 g/mol. The minimum absolute atomic E-state index is 0.121. The molecule has 0 fully saturated rings. The van der Waals surface area contributed by atoms with Crippen LogP contribution < -0.4 is 5.43 Å². The minimum atomic E-state index is -0.541. The molecule has 0 saturated carbocycles. The van der Waals surface area contributed by atoms with Crippen molar-refractivity contribution in [3.05, 3.63) is 39.9 Å². The Morgan fingerprint density at radius 3 is 2.53 bits per heavy atom. The van der Waals surface area contributed by atoms with Gasteiger partial charge in [-0.05, 0) is 13.0 Å². The summed E-state index contributed by atoms with van der Waals surface area (Å²) in [5, 5.41) is 14.6. The third-order valence-electron chi connectivity index (χ3n) is 2.73. The van der Waals surface area contributed by atoms with E-state index in [1.165, 1.54) is 24.3 Å². The molecule has 0 bridgehead atoms. The molecule has 0 aliphatic rings. The monoisotopic (exact) mass is 263 g/mol. The zero-order valence-corrected chi connectivity index (χ0v) is 11.4. The number of nitrogens with zero attached hydrogens (tertiary/aromatic N) is 2. The number of nitro benzene ring substituents is 1. The van der Waals surface area contributed by atoms with Crippen molar-refractivity contribution in [2.45, 2.75) is 27.7 Å². The molecule has 1 rings (SSSR count). The summed E-state index contributed by atoms with van der Waals surface area (Å²) in [5.74, 6) is -0.465. The van der Waals surface area contributed by atoms with E-state index in [1.807, 2.05) is 27.7 Å². The maximum atomic E-state index is 11.8. The molecule has 1 amide bonds. The highest BCUT2D eigenvalue weighted by Gasteiger charge is 2.15. The van der Waals surface area contributed by atoms with E-state index in [1.54, 1.807) is 0 Å². The predicted octanol–water partition coefficient (Wildman–Crippen LogP) is 2.75. The van der Waals surface area contributed by atoms with Gasteiger partial charge >= 0.3 is 0 Å². The zero-order valence-electron chi connectivity index (χ0n) is 11.4. The van der Waals surface area contributed by atoms with Crippen molar-refractivity contribution in [1.29, 1.82) is 0 Å². The zero-order chi connectivity index (χ0) is 14.6. The molecule has 102 valence electrons. The third-order valence-corrected chi connectivity index (χ3v) is 2.73. The van der Waals surface area contributed by atoms with Crippen molar-refractivity contribution < 1.29 is 9.72 Å². The summed E-state index contributed by atoms with van der Waals surface area (Å²) >= 11 is 0. The number of nitrogens with one attached hydrogen (secondary N) is 1. The van der Waals surface area contributed by atoms with E-state index in [2.05, 4.69) is 10.5 Å². The van der Waals surface area contributed by atoms with Gasteiger partial charge in [0.15, 0.2) is 0 Å². The maximum Gasteiger partial charge on any atom is 0.271 e. The fraction of sp³-hybridized carbons (Fsp3) is 0.385. The summed E-state index contributed by atoms with van der Waals surface area (Å²) < 4.78 is 0. The first-order valence-electron chi connectivity index (χ1n) is 5.81. The molecule has 0 radical (unpaired) electrons. The number of hydrogen-bond donors (Lipinski definition) is 1. The second kappa shape index (κ2) is 5.60. The molecule has 19 heavy (non-hydrogen) atoms. The molecule has 0 aliphatic heterocycles. The lowest BCUT2D eigenvalue weighted by molar-refractivity contribution is -0.384. The third kappa shape index (κ3) is 4.17.